The maximum absolute atomic E-state index is 13.6. The summed E-state index contributed by atoms with van der Waals surface area (Å²) in [7, 11) is 0. The number of aliphatic hydroxyl groups is 1. The van der Waals surface area contributed by atoms with Gasteiger partial charge in [-0.05, 0) is 62.8 Å². The molecular weight excluding hydrogens is 416 g/mol. The second-order valence-electron chi connectivity index (χ2n) is 9.23. The number of amides is 2. The van der Waals surface area contributed by atoms with Crippen LogP contribution in [0.25, 0.3) is 5.57 Å². The summed E-state index contributed by atoms with van der Waals surface area (Å²) in [5, 5.41) is 9.71. The van der Waals surface area contributed by atoms with Gasteiger partial charge in [0, 0.05) is 19.7 Å². The molecule has 0 aromatic heterocycles. The molecule has 0 aliphatic carbocycles. The van der Waals surface area contributed by atoms with E-state index in [0.29, 0.717) is 29.9 Å². The average Bonchev–Trinajstić information content (AvgIpc) is 3.05. The number of piperidine rings is 1. The lowest BCUT2D eigenvalue weighted by Crippen LogP contribution is -2.40. The lowest BCUT2D eigenvalue weighted by atomic mass is 9.97. The molecule has 6 heteroatoms. The number of rotatable bonds is 7. The normalized spacial score (nSPS) is 19.1. The molecule has 1 unspecified atom stereocenters. The quantitative estimate of drug-likeness (QED) is 0.653. The van der Waals surface area contributed by atoms with Crippen LogP contribution in [0.4, 0.5) is 0 Å². The second kappa shape index (κ2) is 9.79. The number of imide groups is 1. The highest BCUT2D eigenvalue weighted by atomic mass is 16.5. The third-order valence-electron chi connectivity index (χ3n) is 6.21. The van der Waals surface area contributed by atoms with Gasteiger partial charge in [-0.1, -0.05) is 42.0 Å². The van der Waals surface area contributed by atoms with Gasteiger partial charge in [-0.25, -0.2) is 0 Å². The van der Waals surface area contributed by atoms with Crippen LogP contribution in [0.15, 0.2) is 54.2 Å². The van der Waals surface area contributed by atoms with Crippen LogP contribution in [-0.2, 0) is 16.1 Å². The van der Waals surface area contributed by atoms with Gasteiger partial charge in [0.25, 0.3) is 11.8 Å². The fourth-order valence-electron chi connectivity index (χ4n) is 4.53. The smallest absolute Gasteiger partial charge is 0.278 e. The summed E-state index contributed by atoms with van der Waals surface area (Å²) in [6, 6.07) is 15.3. The van der Waals surface area contributed by atoms with E-state index in [0.717, 1.165) is 29.7 Å². The predicted octanol–water partition coefficient (Wildman–Crippen LogP) is 3.77. The van der Waals surface area contributed by atoms with Crippen molar-refractivity contribution in [3.63, 3.8) is 0 Å². The van der Waals surface area contributed by atoms with E-state index in [2.05, 4.69) is 0 Å². The van der Waals surface area contributed by atoms with E-state index in [1.807, 2.05) is 74.2 Å². The number of aliphatic hydroxyl groups excluding tert-OH is 1. The van der Waals surface area contributed by atoms with Crippen molar-refractivity contribution >= 4 is 17.4 Å². The molecule has 4 rings (SSSR count). The summed E-state index contributed by atoms with van der Waals surface area (Å²) in [6.45, 7) is 7.51. The third kappa shape index (κ3) is 4.96. The van der Waals surface area contributed by atoms with Crippen molar-refractivity contribution in [3.05, 3.63) is 70.9 Å². The molecule has 0 saturated carbocycles. The minimum atomic E-state index is -0.278. The molecule has 2 aromatic rings. The van der Waals surface area contributed by atoms with E-state index >= 15 is 0 Å². The van der Waals surface area contributed by atoms with Crippen molar-refractivity contribution < 1.29 is 19.4 Å². The van der Waals surface area contributed by atoms with Gasteiger partial charge in [-0.2, -0.15) is 0 Å². The molecule has 1 fully saturated rings. The summed E-state index contributed by atoms with van der Waals surface area (Å²) in [5.74, 6) is 0.279. The van der Waals surface area contributed by atoms with E-state index in [4.69, 9.17) is 4.74 Å². The zero-order valence-corrected chi connectivity index (χ0v) is 19.6. The SMILES string of the molecule is Cc1ccc(CN2C(=O)C(c3ccc(OC(C)C)cc3)=C(N3CCCC(CO)C3)C2=O)cc1. The molecule has 2 heterocycles. The highest BCUT2D eigenvalue weighted by molar-refractivity contribution is 6.35. The number of likely N-dealkylation sites (tertiary alicyclic amines) is 1. The van der Waals surface area contributed by atoms with Gasteiger partial charge in [0.1, 0.15) is 11.4 Å². The lowest BCUT2D eigenvalue weighted by molar-refractivity contribution is -0.138. The van der Waals surface area contributed by atoms with Crippen LogP contribution >= 0.6 is 0 Å². The first-order valence-electron chi connectivity index (χ1n) is 11.7. The Bertz CT molecular complexity index is 1040. The molecule has 33 heavy (non-hydrogen) atoms. The standard InChI is InChI=1S/C27H32N2O4/c1-18(2)33-23-12-10-22(11-13-23)24-25(28-14-4-5-21(15-28)17-30)27(32)29(26(24)31)16-20-8-6-19(3)7-9-20/h6-13,18,21,30H,4-5,14-17H2,1-3H3. The number of aryl methyl sites for hydroxylation is 1. The van der Waals surface area contributed by atoms with Gasteiger partial charge in [-0.3, -0.25) is 14.5 Å². The number of hydrogen-bond donors (Lipinski definition) is 1. The largest absolute Gasteiger partial charge is 0.491 e. The zero-order valence-electron chi connectivity index (χ0n) is 19.6. The van der Waals surface area contributed by atoms with Crippen molar-refractivity contribution in [2.75, 3.05) is 19.7 Å². The Kier molecular flexibility index (Phi) is 6.84. The number of ether oxygens (including phenoxy) is 1. The van der Waals surface area contributed by atoms with E-state index in [-0.39, 0.29) is 37.0 Å². The summed E-state index contributed by atoms with van der Waals surface area (Å²) in [6.07, 6.45) is 1.85. The molecule has 2 amide bonds. The average molecular weight is 449 g/mol. The summed E-state index contributed by atoms with van der Waals surface area (Å²) >= 11 is 0. The number of carbonyl (C=O) groups excluding carboxylic acids is 2. The molecule has 6 nitrogen and oxygen atoms in total. The van der Waals surface area contributed by atoms with Crippen LogP contribution in [0.3, 0.4) is 0 Å². The molecule has 1 saturated heterocycles. The van der Waals surface area contributed by atoms with E-state index in [9.17, 15) is 14.7 Å². The highest BCUT2D eigenvalue weighted by Gasteiger charge is 2.42. The molecule has 2 aromatic carbocycles. The van der Waals surface area contributed by atoms with Crippen molar-refractivity contribution in [1.29, 1.82) is 0 Å². The minimum Gasteiger partial charge on any atom is -0.491 e. The minimum absolute atomic E-state index is 0.0501. The maximum atomic E-state index is 13.6. The Labute approximate surface area is 195 Å². The van der Waals surface area contributed by atoms with Crippen LogP contribution in [0.1, 0.15) is 43.4 Å². The van der Waals surface area contributed by atoms with Crippen LogP contribution in [0.5, 0.6) is 5.75 Å². The van der Waals surface area contributed by atoms with Gasteiger partial charge in [0.05, 0.1) is 18.2 Å². The van der Waals surface area contributed by atoms with Gasteiger partial charge in [0.2, 0.25) is 0 Å². The number of hydrogen-bond acceptors (Lipinski definition) is 5. The van der Waals surface area contributed by atoms with Gasteiger partial charge < -0.3 is 14.7 Å². The Morgan fingerprint density at radius 3 is 2.36 bits per heavy atom. The van der Waals surface area contributed by atoms with Crippen LogP contribution in [-0.4, -0.2) is 52.5 Å². The van der Waals surface area contributed by atoms with E-state index in [1.165, 1.54) is 4.90 Å². The molecule has 0 spiro atoms. The molecule has 1 N–H and O–H groups in total. The third-order valence-corrected chi connectivity index (χ3v) is 6.21. The maximum Gasteiger partial charge on any atom is 0.278 e. The van der Waals surface area contributed by atoms with Crippen molar-refractivity contribution in [3.8, 4) is 5.75 Å². The highest BCUT2D eigenvalue weighted by Crippen LogP contribution is 2.35. The monoisotopic (exact) mass is 448 g/mol. The Morgan fingerprint density at radius 1 is 1.03 bits per heavy atom. The Hall–Kier alpha value is -3.12. The summed E-state index contributed by atoms with van der Waals surface area (Å²) < 4.78 is 5.74. The number of carbonyl (C=O) groups is 2. The van der Waals surface area contributed by atoms with Crippen LogP contribution < -0.4 is 4.74 Å². The first kappa shape index (κ1) is 23.1. The molecule has 174 valence electrons. The van der Waals surface area contributed by atoms with Crippen molar-refractivity contribution in [1.82, 2.24) is 9.80 Å². The van der Waals surface area contributed by atoms with Gasteiger partial charge >= 0.3 is 0 Å². The topological polar surface area (TPSA) is 70.1 Å². The molecular formula is C27H32N2O4. The number of nitrogens with zero attached hydrogens (tertiary/aromatic N) is 2. The Balaban J connectivity index is 1.70. The molecule has 1 atom stereocenters. The Morgan fingerprint density at radius 2 is 1.73 bits per heavy atom. The molecule has 2 aliphatic rings. The van der Waals surface area contributed by atoms with Gasteiger partial charge in [0.15, 0.2) is 0 Å². The van der Waals surface area contributed by atoms with E-state index in [1.54, 1.807) is 0 Å². The molecule has 0 radical (unpaired) electrons. The summed E-state index contributed by atoms with van der Waals surface area (Å²) in [4.78, 5) is 30.5. The molecule has 0 bridgehead atoms. The second-order valence-corrected chi connectivity index (χ2v) is 9.23. The number of benzene rings is 2. The van der Waals surface area contributed by atoms with E-state index < -0.39 is 0 Å². The molecule has 2 aliphatic heterocycles. The predicted molar refractivity (Wildman–Crippen MR) is 127 cm³/mol. The first-order chi connectivity index (χ1) is 15.9. The van der Waals surface area contributed by atoms with Gasteiger partial charge in [-0.15, -0.1) is 0 Å². The first-order valence-corrected chi connectivity index (χ1v) is 11.7. The zero-order chi connectivity index (χ0) is 23.5. The fraction of sp³-hybridized carbons (Fsp3) is 0.407. The fourth-order valence-corrected chi connectivity index (χ4v) is 4.53. The lowest BCUT2D eigenvalue weighted by Gasteiger charge is -2.34. The van der Waals surface area contributed by atoms with Crippen LogP contribution in [0, 0.1) is 12.8 Å². The van der Waals surface area contributed by atoms with Crippen LogP contribution in [0.2, 0.25) is 0 Å². The summed E-state index contributed by atoms with van der Waals surface area (Å²) in [5.41, 5.74) is 3.63. The van der Waals surface area contributed by atoms with Crippen molar-refractivity contribution in [2.45, 2.75) is 46.3 Å². The van der Waals surface area contributed by atoms with Crippen molar-refractivity contribution in [2.24, 2.45) is 5.92 Å².